The second kappa shape index (κ2) is 8.13. The van der Waals surface area contributed by atoms with E-state index >= 15 is 0 Å². The van der Waals surface area contributed by atoms with Gasteiger partial charge in [-0.15, -0.1) is 0 Å². The first-order valence-electron chi connectivity index (χ1n) is 7.54. The van der Waals surface area contributed by atoms with E-state index in [0.29, 0.717) is 6.10 Å². The van der Waals surface area contributed by atoms with Gasteiger partial charge in [0.1, 0.15) is 0 Å². The Morgan fingerprint density at radius 3 is 2.70 bits per heavy atom. The van der Waals surface area contributed by atoms with E-state index in [9.17, 15) is 0 Å². The normalized spacial score (nSPS) is 19.1. The Balaban J connectivity index is 1.75. The molecule has 2 N–H and O–H groups in total. The molecule has 4 heteroatoms. The molecule has 1 unspecified atom stereocenters. The molecule has 1 atom stereocenters. The van der Waals surface area contributed by atoms with Gasteiger partial charge in [0.2, 0.25) is 0 Å². The maximum atomic E-state index is 6.31. The zero-order valence-electron chi connectivity index (χ0n) is 12.2. The highest BCUT2D eigenvalue weighted by Gasteiger charge is 2.20. The highest BCUT2D eigenvalue weighted by molar-refractivity contribution is 9.10. The van der Waals surface area contributed by atoms with Crippen LogP contribution in [-0.4, -0.2) is 37.2 Å². The van der Waals surface area contributed by atoms with Gasteiger partial charge in [0, 0.05) is 30.2 Å². The first kappa shape index (κ1) is 16.0. The minimum absolute atomic E-state index is 0.107. The molecular weight excluding hydrogens is 316 g/mol. The van der Waals surface area contributed by atoms with Crippen LogP contribution in [0.4, 0.5) is 0 Å². The molecule has 1 saturated heterocycles. The molecule has 1 aliphatic heterocycles. The molecule has 0 bridgehead atoms. The summed E-state index contributed by atoms with van der Waals surface area (Å²) in [6, 6.07) is 8.35. The number of hydrogen-bond donors (Lipinski definition) is 1. The SMILES string of the molecule is CCOC1CCN(CCC(N)c2ccccc2Br)CC1. The lowest BCUT2D eigenvalue weighted by molar-refractivity contribution is 0.0138. The first-order chi connectivity index (χ1) is 9.70. The third-order valence-corrected chi connectivity index (χ3v) is 4.72. The number of nitrogens with two attached hydrogens (primary N) is 1. The summed E-state index contributed by atoms with van der Waals surface area (Å²) in [5, 5.41) is 0. The fraction of sp³-hybridized carbons (Fsp3) is 0.625. The van der Waals surface area contributed by atoms with Gasteiger partial charge in [-0.25, -0.2) is 0 Å². The van der Waals surface area contributed by atoms with Crippen LogP contribution in [0.1, 0.15) is 37.8 Å². The number of benzene rings is 1. The van der Waals surface area contributed by atoms with Crippen molar-refractivity contribution in [1.82, 2.24) is 4.90 Å². The quantitative estimate of drug-likeness (QED) is 0.862. The van der Waals surface area contributed by atoms with Crippen molar-refractivity contribution in [2.45, 2.75) is 38.3 Å². The monoisotopic (exact) mass is 340 g/mol. The predicted molar refractivity (Wildman–Crippen MR) is 86.8 cm³/mol. The summed E-state index contributed by atoms with van der Waals surface area (Å²) in [6.07, 6.45) is 3.77. The van der Waals surface area contributed by atoms with Gasteiger partial charge in [0.25, 0.3) is 0 Å². The smallest absolute Gasteiger partial charge is 0.0599 e. The van der Waals surface area contributed by atoms with Crippen LogP contribution >= 0.6 is 15.9 Å². The Labute approximate surface area is 130 Å². The Morgan fingerprint density at radius 1 is 1.35 bits per heavy atom. The van der Waals surface area contributed by atoms with Gasteiger partial charge in [-0.2, -0.15) is 0 Å². The van der Waals surface area contributed by atoms with E-state index in [-0.39, 0.29) is 6.04 Å². The van der Waals surface area contributed by atoms with E-state index < -0.39 is 0 Å². The Bertz CT molecular complexity index is 405. The van der Waals surface area contributed by atoms with E-state index in [2.05, 4.69) is 39.9 Å². The molecule has 20 heavy (non-hydrogen) atoms. The minimum atomic E-state index is 0.107. The Hall–Kier alpha value is -0.420. The topological polar surface area (TPSA) is 38.5 Å². The maximum Gasteiger partial charge on any atom is 0.0599 e. The van der Waals surface area contributed by atoms with Crippen LogP contribution in [0, 0.1) is 0 Å². The summed E-state index contributed by atoms with van der Waals surface area (Å²) in [5.41, 5.74) is 7.51. The molecule has 1 heterocycles. The molecule has 1 aliphatic rings. The van der Waals surface area contributed by atoms with Gasteiger partial charge in [0.15, 0.2) is 0 Å². The van der Waals surface area contributed by atoms with Crippen molar-refractivity contribution >= 4 is 15.9 Å². The molecule has 0 aromatic heterocycles. The van der Waals surface area contributed by atoms with Gasteiger partial charge >= 0.3 is 0 Å². The van der Waals surface area contributed by atoms with Gasteiger partial charge in [-0.05, 0) is 44.4 Å². The largest absolute Gasteiger partial charge is 0.378 e. The second-order valence-corrected chi connectivity index (χ2v) is 6.27. The van der Waals surface area contributed by atoms with Gasteiger partial charge in [0.05, 0.1) is 6.10 Å². The number of rotatable bonds is 6. The van der Waals surface area contributed by atoms with Crippen molar-refractivity contribution in [2.75, 3.05) is 26.2 Å². The molecule has 0 saturated carbocycles. The summed E-state index contributed by atoms with van der Waals surface area (Å²) < 4.78 is 6.80. The van der Waals surface area contributed by atoms with Crippen LogP contribution in [0.15, 0.2) is 28.7 Å². The van der Waals surface area contributed by atoms with Crippen molar-refractivity contribution < 1.29 is 4.74 Å². The van der Waals surface area contributed by atoms with Crippen LogP contribution < -0.4 is 5.73 Å². The average Bonchev–Trinajstić information content (AvgIpc) is 2.47. The fourth-order valence-corrected chi connectivity index (χ4v) is 3.37. The minimum Gasteiger partial charge on any atom is -0.378 e. The number of piperidine rings is 1. The molecule has 1 aromatic carbocycles. The average molecular weight is 341 g/mol. The molecule has 1 aromatic rings. The first-order valence-corrected chi connectivity index (χ1v) is 8.34. The summed E-state index contributed by atoms with van der Waals surface area (Å²) >= 11 is 3.58. The number of likely N-dealkylation sites (tertiary alicyclic amines) is 1. The van der Waals surface area contributed by atoms with E-state index in [0.717, 1.165) is 50.0 Å². The van der Waals surface area contributed by atoms with Crippen LogP contribution in [0.2, 0.25) is 0 Å². The third-order valence-electron chi connectivity index (χ3n) is 4.00. The molecule has 112 valence electrons. The highest BCUT2D eigenvalue weighted by atomic mass is 79.9. The molecule has 1 fully saturated rings. The van der Waals surface area contributed by atoms with Crippen LogP contribution in [0.25, 0.3) is 0 Å². The lowest BCUT2D eigenvalue weighted by atomic mass is 10.0. The molecule has 0 aliphatic carbocycles. The molecule has 0 radical (unpaired) electrons. The standard InChI is InChI=1S/C16H25BrN2O/c1-2-20-13-7-10-19(11-8-13)12-9-16(18)14-5-3-4-6-15(14)17/h3-6,13,16H,2,7-12,18H2,1H3. The lowest BCUT2D eigenvalue weighted by Crippen LogP contribution is -2.38. The van der Waals surface area contributed by atoms with E-state index in [1.54, 1.807) is 0 Å². The van der Waals surface area contributed by atoms with Gasteiger partial charge < -0.3 is 15.4 Å². The number of nitrogens with zero attached hydrogens (tertiary/aromatic N) is 1. The highest BCUT2D eigenvalue weighted by Crippen LogP contribution is 2.24. The summed E-state index contributed by atoms with van der Waals surface area (Å²) in [6.45, 7) is 6.24. The summed E-state index contributed by atoms with van der Waals surface area (Å²) in [7, 11) is 0. The Kier molecular flexibility index (Phi) is 6.49. The van der Waals surface area contributed by atoms with E-state index in [1.807, 2.05) is 12.1 Å². The lowest BCUT2D eigenvalue weighted by Gasteiger charge is -2.32. The van der Waals surface area contributed by atoms with E-state index in [1.165, 1.54) is 5.56 Å². The number of halogens is 1. The predicted octanol–water partition coefficient (Wildman–Crippen LogP) is 3.34. The third kappa shape index (κ3) is 4.55. The molecule has 0 amide bonds. The molecular formula is C16H25BrN2O. The maximum absolute atomic E-state index is 6.31. The van der Waals surface area contributed by atoms with Gasteiger partial charge in [-0.1, -0.05) is 34.1 Å². The molecule has 2 rings (SSSR count). The van der Waals surface area contributed by atoms with Gasteiger partial charge in [-0.3, -0.25) is 0 Å². The van der Waals surface area contributed by atoms with Crippen LogP contribution in [-0.2, 0) is 4.74 Å². The van der Waals surface area contributed by atoms with Crippen LogP contribution in [0.5, 0.6) is 0 Å². The Morgan fingerprint density at radius 2 is 2.05 bits per heavy atom. The van der Waals surface area contributed by atoms with Crippen molar-refractivity contribution in [3.63, 3.8) is 0 Å². The fourth-order valence-electron chi connectivity index (χ4n) is 2.79. The van der Waals surface area contributed by atoms with Crippen molar-refractivity contribution in [2.24, 2.45) is 5.73 Å². The van der Waals surface area contributed by atoms with E-state index in [4.69, 9.17) is 10.5 Å². The van der Waals surface area contributed by atoms with Crippen molar-refractivity contribution in [3.05, 3.63) is 34.3 Å². The zero-order chi connectivity index (χ0) is 14.4. The summed E-state index contributed by atoms with van der Waals surface area (Å²) in [4.78, 5) is 2.51. The summed E-state index contributed by atoms with van der Waals surface area (Å²) in [5.74, 6) is 0. The van der Waals surface area contributed by atoms with Crippen molar-refractivity contribution in [1.29, 1.82) is 0 Å². The number of ether oxygens (including phenoxy) is 1. The van der Waals surface area contributed by atoms with Crippen LogP contribution in [0.3, 0.4) is 0 Å². The molecule has 3 nitrogen and oxygen atoms in total. The zero-order valence-corrected chi connectivity index (χ0v) is 13.8. The molecule has 0 spiro atoms. The second-order valence-electron chi connectivity index (χ2n) is 5.41. The van der Waals surface area contributed by atoms with Crippen molar-refractivity contribution in [3.8, 4) is 0 Å². The number of hydrogen-bond acceptors (Lipinski definition) is 3.